The number of nitrogens with one attached hydrogen (secondary N) is 1. The van der Waals surface area contributed by atoms with E-state index in [9.17, 15) is 14.9 Å². The number of carbonyl (C=O) groups is 2. The average Bonchev–Trinajstić information content (AvgIpc) is 2.62. The van der Waals surface area contributed by atoms with Gasteiger partial charge in [-0.2, -0.15) is 5.26 Å². The number of nitriles is 1. The minimum absolute atomic E-state index is 0.264. The van der Waals surface area contributed by atoms with Crippen LogP contribution < -0.4 is 20.7 Å². The van der Waals surface area contributed by atoms with E-state index < -0.39 is 5.91 Å². The highest BCUT2D eigenvalue weighted by atomic mass is 35.5. The lowest BCUT2D eigenvalue weighted by Crippen LogP contribution is -2.25. The first-order chi connectivity index (χ1) is 12.8. The van der Waals surface area contributed by atoms with Gasteiger partial charge in [0.2, 0.25) is 5.91 Å². The molecule has 0 bridgehead atoms. The maximum Gasteiger partial charge on any atom is 0.267 e. The van der Waals surface area contributed by atoms with E-state index >= 15 is 0 Å². The molecule has 2 rings (SSSR count). The van der Waals surface area contributed by atoms with Crippen LogP contribution in [0.15, 0.2) is 54.2 Å². The van der Waals surface area contributed by atoms with Crippen molar-refractivity contribution in [2.75, 3.05) is 23.1 Å². The van der Waals surface area contributed by atoms with Crippen molar-refractivity contribution in [1.82, 2.24) is 0 Å². The molecule has 2 amide bonds. The zero-order valence-corrected chi connectivity index (χ0v) is 15.4. The van der Waals surface area contributed by atoms with Gasteiger partial charge in [-0.1, -0.05) is 17.7 Å². The van der Waals surface area contributed by atoms with Crippen LogP contribution in [0.2, 0.25) is 5.02 Å². The van der Waals surface area contributed by atoms with Crippen molar-refractivity contribution in [1.29, 1.82) is 5.26 Å². The van der Waals surface area contributed by atoms with Gasteiger partial charge in [0, 0.05) is 24.5 Å². The van der Waals surface area contributed by atoms with Crippen LogP contribution in [0.25, 0.3) is 0 Å². The summed E-state index contributed by atoms with van der Waals surface area (Å²) in [6.07, 6.45) is 1.16. The molecule has 27 heavy (non-hydrogen) atoms. The van der Waals surface area contributed by atoms with Gasteiger partial charge >= 0.3 is 0 Å². The summed E-state index contributed by atoms with van der Waals surface area (Å²) in [5.41, 5.74) is 6.74. The predicted molar refractivity (Wildman–Crippen MR) is 104 cm³/mol. The van der Waals surface area contributed by atoms with Gasteiger partial charge in [-0.15, -0.1) is 0 Å². The minimum atomic E-state index is -0.686. The van der Waals surface area contributed by atoms with Gasteiger partial charge in [0.1, 0.15) is 17.4 Å². The molecular formula is C19H17ClN4O3. The van der Waals surface area contributed by atoms with Gasteiger partial charge in [0.25, 0.3) is 5.91 Å². The number of nitrogens with zero attached hydrogens (tertiary/aromatic N) is 2. The van der Waals surface area contributed by atoms with E-state index in [-0.39, 0.29) is 11.5 Å². The summed E-state index contributed by atoms with van der Waals surface area (Å²) in [5, 5.41) is 12.2. The molecule has 0 aliphatic rings. The van der Waals surface area contributed by atoms with Crippen molar-refractivity contribution < 1.29 is 14.3 Å². The SMILES string of the molecule is COc1ccc(NC(=O)/C(C#N)=C\N(C(C)=O)c2cccc(N)c2)cc1Cl. The number of carbonyl (C=O) groups excluding carboxylic acids is 2. The Kier molecular flexibility index (Phi) is 6.41. The van der Waals surface area contributed by atoms with E-state index in [1.165, 1.54) is 25.0 Å². The molecule has 138 valence electrons. The Labute approximate surface area is 161 Å². The van der Waals surface area contributed by atoms with Crippen molar-refractivity contribution in [3.8, 4) is 11.8 Å². The monoisotopic (exact) mass is 384 g/mol. The minimum Gasteiger partial charge on any atom is -0.495 e. The van der Waals surface area contributed by atoms with Crippen molar-refractivity contribution in [2.45, 2.75) is 6.92 Å². The molecule has 3 N–H and O–H groups in total. The molecule has 0 saturated heterocycles. The first-order valence-electron chi connectivity index (χ1n) is 7.78. The molecule has 7 nitrogen and oxygen atoms in total. The fourth-order valence-electron chi connectivity index (χ4n) is 2.23. The molecule has 8 heteroatoms. The Morgan fingerprint density at radius 2 is 2.04 bits per heavy atom. The van der Waals surface area contributed by atoms with Crippen LogP contribution in [-0.4, -0.2) is 18.9 Å². The van der Waals surface area contributed by atoms with Gasteiger partial charge in [-0.3, -0.25) is 14.5 Å². The van der Waals surface area contributed by atoms with Crippen LogP contribution >= 0.6 is 11.6 Å². The Morgan fingerprint density at radius 1 is 1.30 bits per heavy atom. The van der Waals surface area contributed by atoms with Crippen molar-refractivity contribution in [2.24, 2.45) is 0 Å². The standard InChI is InChI=1S/C19H17ClN4O3/c1-12(25)24(16-5-3-4-14(22)8-16)11-13(10-21)19(26)23-15-6-7-18(27-2)17(20)9-15/h3-9,11H,22H2,1-2H3,(H,23,26)/b13-11-. The van der Waals surface area contributed by atoms with Gasteiger partial charge in [0.15, 0.2) is 0 Å². The molecule has 2 aromatic carbocycles. The van der Waals surface area contributed by atoms with E-state index in [2.05, 4.69) is 5.32 Å². The predicted octanol–water partition coefficient (Wildman–Crippen LogP) is 3.33. The van der Waals surface area contributed by atoms with Crippen LogP contribution in [0, 0.1) is 11.3 Å². The molecular weight excluding hydrogens is 368 g/mol. The number of benzene rings is 2. The molecule has 2 aromatic rings. The molecule has 0 saturated carbocycles. The third-order valence-corrected chi connectivity index (χ3v) is 3.82. The second-order valence-electron chi connectivity index (χ2n) is 5.44. The zero-order chi connectivity index (χ0) is 20.0. The summed E-state index contributed by atoms with van der Waals surface area (Å²) in [4.78, 5) is 25.6. The lowest BCUT2D eigenvalue weighted by molar-refractivity contribution is -0.116. The summed E-state index contributed by atoms with van der Waals surface area (Å²) >= 11 is 6.03. The molecule has 0 aromatic heterocycles. The zero-order valence-electron chi connectivity index (χ0n) is 14.7. The van der Waals surface area contributed by atoms with E-state index in [4.69, 9.17) is 22.1 Å². The Bertz CT molecular complexity index is 950. The highest BCUT2D eigenvalue weighted by molar-refractivity contribution is 6.32. The molecule has 0 aliphatic heterocycles. The molecule has 0 atom stereocenters. The molecule has 0 heterocycles. The van der Waals surface area contributed by atoms with E-state index in [0.29, 0.717) is 27.8 Å². The number of amides is 2. The summed E-state index contributed by atoms with van der Waals surface area (Å²) in [6.45, 7) is 1.32. The Morgan fingerprint density at radius 3 is 2.59 bits per heavy atom. The summed E-state index contributed by atoms with van der Waals surface area (Å²) in [5.74, 6) is -0.613. The second kappa shape index (κ2) is 8.74. The topological polar surface area (TPSA) is 108 Å². The number of methoxy groups -OCH3 is 1. The van der Waals surface area contributed by atoms with Crippen LogP contribution in [0.4, 0.5) is 17.1 Å². The maximum atomic E-state index is 12.4. The number of ether oxygens (including phenoxy) is 1. The molecule has 0 aliphatic carbocycles. The van der Waals surface area contributed by atoms with Crippen molar-refractivity contribution in [3.05, 3.63) is 59.3 Å². The first kappa shape index (κ1) is 19.8. The fraction of sp³-hybridized carbons (Fsp3) is 0.105. The normalized spacial score (nSPS) is 10.7. The Balaban J connectivity index is 2.30. The molecule has 0 fully saturated rings. The maximum absolute atomic E-state index is 12.4. The number of hydrogen-bond acceptors (Lipinski definition) is 5. The van der Waals surface area contributed by atoms with E-state index in [1.807, 2.05) is 0 Å². The summed E-state index contributed by atoms with van der Waals surface area (Å²) in [6, 6.07) is 13.0. The lowest BCUT2D eigenvalue weighted by Gasteiger charge is -2.17. The number of rotatable bonds is 5. The second-order valence-corrected chi connectivity index (χ2v) is 5.85. The van der Waals surface area contributed by atoms with Gasteiger partial charge in [-0.05, 0) is 36.4 Å². The Hall–Kier alpha value is -3.50. The van der Waals surface area contributed by atoms with Crippen LogP contribution in [-0.2, 0) is 9.59 Å². The van der Waals surface area contributed by atoms with Gasteiger partial charge in [0.05, 0.1) is 17.8 Å². The van der Waals surface area contributed by atoms with Crippen molar-refractivity contribution in [3.63, 3.8) is 0 Å². The smallest absolute Gasteiger partial charge is 0.267 e. The third kappa shape index (κ3) is 5.00. The number of nitrogens with two attached hydrogens (primary N) is 1. The highest BCUT2D eigenvalue weighted by Gasteiger charge is 2.16. The van der Waals surface area contributed by atoms with Crippen LogP contribution in [0.5, 0.6) is 5.75 Å². The van der Waals surface area contributed by atoms with Crippen LogP contribution in [0.1, 0.15) is 6.92 Å². The third-order valence-electron chi connectivity index (χ3n) is 3.52. The fourth-order valence-corrected chi connectivity index (χ4v) is 2.49. The summed E-state index contributed by atoms with van der Waals surface area (Å²) < 4.78 is 5.05. The first-order valence-corrected chi connectivity index (χ1v) is 8.15. The average molecular weight is 385 g/mol. The van der Waals surface area contributed by atoms with E-state index in [0.717, 1.165) is 6.20 Å². The summed E-state index contributed by atoms with van der Waals surface area (Å²) in [7, 11) is 1.47. The van der Waals surface area contributed by atoms with Crippen molar-refractivity contribution >= 4 is 40.5 Å². The number of halogens is 1. The lowest BCUT2D eigenvalue weighted by atomic mass is 10.2. The van der Waals surface area contributed by atoms with Gasteiger partial charge in [-0.25, -0.2) is 0 Å². The quantitative estimate of drug-likeness (QED) is 0.467. The van der Waals surface area contributed by atoms with Gasteiger partial charge < -0.3 is 15.8 Å². The largest absolute Gasteiger partial charge is 0.495 e. The molecule has 0 spiro atoms. The number of hydrogen-bond donors (Lipinski definition) is 2. The molecule has 0 radical (unpaired) electrons. The number of anilines is 3. The van der Waals surface area contributed by atoms with E-state index in [1.54, 1.807) is 42.5 Å². The van der Waals surface area contributed by atoms with Crippen LogP contribution in [0.3, 0.4) is 0 Å². The highest BCUT2D eigenvalue weighted by Crippen LogP contribution is 2.27. The molecule has 0 unspecified atom stereocenters. The number of nitrogen functional groups attached to an aromatic ring is 1.